The zero-order valence-corrected chi connectivity index (χ0v) is 12.6. The van der Waals surface area contributed by atoms with Gasteiger partial charge < -0.3 is 19.8 Å². The lowest BCUT2D eigenvalue weighted by Crippen LogP contribution is -2.35. The standard InChI is InChI=1S/C12H22NO7P/c14-11(15)6-5-10(12(16)17)13-21(18,19)8-2-4-9-3-1-7-20-9/h9-10H,1-8H2,(H,14,15)(H,16,17)(H2,13,18,19). The maximum Gasteiger partial charge on any atom is 0.321 e. The molecule has 4 N–H and O–H groups in total. The quantitative estimate of drug-likeness (QED) is 0.438. The maximum absolute atomic E-state index is 11.9. The summed E-state index contributed by atoms with van der Waals surface area (Å²) < 4.78 is 17.3. The minimum Gasteiger partial charge on any atom is -0.481 e. The summed E-state index contributed by atoms with van der Waals surface area (Å²) in [6.45, 7) is 0.718. The molecule has 1 fully saturated rings. The van der Waals surface area contributed by atoms with Gasteiger partial charge in [-0.15, -0.1) is 0 Å². The van der Waals surface area contributed by atoms with E-state index < -0.39 is 25.5 Å². The first-order chi connectivity index (χ1) is 9.80. The number of rotatable bonds is 10. The van der Waals surface area contributed by atoms with Gasteiger partial charge in [0.15, 0.2) is 0 Å². The molecule has 9 heteroatoms. The van der Waals surface area contributed by atoms with Gasteiger partial charge in [-0.1, -0.05) is 0 Å². The molecule has 1 aliphatic rings. The fourth-order valence-electron chi connectivity index (χ4n) is 2.22. The van der Waals surface area contributed by atoms with Gasteiger partial charge in [-0.05, 0) is 32.1 Å². The molecule has 8 nitrogen and oxygen atoms in total. The van der Waals surface area contributed by atoms with Crippen LogP contribution in [-0.2, 0) is 18.9 Å². The van der Waals surface area contributed by atoms with Crippen molar-refractivity contribution in [3.8, 4) is 0 Å². The lowest BCUT2D eigenvalue weighted by molar-refractivity contribution is -0.140. The second kappa shape index (κ2) is 8.48. The largest absolute Gasteiger partial charge is 0.481 e. The molecule has 3 atom stereocenters. The van der Waals surface area contributed by atoms with Crippen molar-refractivity contribution in [1.29, 1.82) is 0 Å². The number of hydrogen-bond donors (Lipinski definition) is 4. The van der Waals surface area contributed by atoms with Crippen molar-refractivity contribution in [2.45, 2.75) is 50.7 Å². The summed E-state index contributed by atoms with van der Waals surface area (Å²) in [5.41, 5.74) is 0. The number of hydrogen-bond acceptors (Lipinski definition) is 4. The molecule has 1 heterocycles. The monoisotopic (exact) mass is 323 g/mol. The Bertz CT molecular complexity index is 408. The number of nitrogens with one attached hydrogen (secondary N) is 1. The molecule has 1 saturated heterocycles. The van der Waals surface area contributed by atoms with Crippen molar-refractivity contribution >= 4 is 19.5 Å². The lowest BCUT2D eigenvalue weighted by atomic mass is 10.1. The first-order valence-corrected chi connectivity index (χ1v) is 8.80. The molecule has 3 unspecified atom stereocenters. The molecular formula is C12H22NO7P. The molecule has 0 saturated carbocycles. The average molecular weight is 323 g/mol. The number of ether oxygens (including phenoxy) is 1. The van der Waals surface area contributed by atoms with Crippen molar-refractivity contribution in [2.24, 2.45) is 0 Å². The number of aliphatic carboxylic acids is 2. The van der Waals surface area contributed by atoms with Gasteiger partial charge in [0.25, 0.3) is 7.52 Å². The van der Waals surface area contributed by atoms with Gasteiger partial charge in [-0.25, -0.2) is 5.09 Å². The van der Waals surface area contributed by atoms with Gasteiger partial charge in [0.2, 0.25) is 0 Å². The number of carboxylic acids is 2. The highest BCUT2D eigenvalue weighted by Gasteiger charge is 2.28. The normalized spacial score (nSPS) is 22.6. The minimum atomic E-state index is -3.80. The molecule has 0 radical (unpaired) electrons. The van der Waals surface area contributed by atoms with Crippen molar-refractivity contribution in [2.75, 3.05) is 12.8 Å². The molecular weight excluding hydrogens is 301 g/mol. The summed E-state index contributed by atoms with van der Waals surface area (Å²) in [6, 6.07) is -1.33. The van der Waals surface area contributed by atoms with E-state index in [1.54, 1.807) is 0 Å². The third kappa shape index (κ3) is 7.57. The van der Waals surface area contributed by atoms with E-state index >= 15 is 0 Å². The molecule has 0 aromatic carbocycles. The highest BCUT2D eigenvalue weighted by Crippen LogP contribution is 2.38. The van der Waals surface area contributed by atoms with E-state index in [0.717, 1.165) is 19.4 Å². The van der Waals surface area contributed by atoms with E-state index in [-0.39, 0.29) is 25.1 Å². The third-order valence-electron chi connectivity index (χ3n) is 3.31. The van der Waals surface area contributed by atoms with E-state index in [0.29, 0.717) is 12.8 Å². The Balaban J connectivity index is 2.37. The van der Waals surface area contributed by atoms with Crippen molar-refractivity contribution in [3.63, 3.8) is 0 Å². The maximum atomic E-state index is 11.9. The molecule has 0 aromatic rings. The van der Waals surface area contributed by atoms with E-state index in [2.05, 4.69) is 5.09 Å². The third-order valence-corrected chi connectivity index (χ3v) is 4.95. The van der Waals surface area contributed by atoms with E-state index in [1.165, 1.54) is 0 Å². The molecule has 1 rings (SSSR count). The Morgan fingerprint density at radius 1 is 1.38 bits per heavy atom. The van der Waals surface area contributed by atoms with Gasteiger partial charge in [0, 0.05) is 19.2 Å². The minimum absolute atomic E-state index is 0.0519. The van der Waals surface area contributed by atoms with Gasteiger partial charge in [0.1, 0.15) is 6.04 Å². The highest BCUT2D eigenvalue weighted by molar-refractivity contribution is 7.55. The van der Waals surface area contributed by atoms with Crippen LogP contribution in [0.4, 0.5) is 0 Å². The molecule has 21 heavy (non-hydrogen) atoms. The molecule has 0 aliphatic carbocycles. The summed E-state index contributed by atoms with van der Waals surface area (Å²) in [4.78, 5) is 31.2. The molecule has 0 spiro atoms. The fourth-order valence-corrected chi connectivity index (χ4v) is 3.69. The van der Waals surface area contributed by atoms with Crippen LogP contribution in [-0.4, -0.2) is 52.0 Å². The lowest BCUT2D eigenvalue weighted by Gasteiger charge is -2.19. The second-order valence-electron chi connectivity index (χ2n) is 5.15. The predicted molar refractivity (Wildman–Crippen MR) is 74.3 cm³/mol. The van der Waals surface area contributed by atoms with Crippen LogP contribution in [0.25, 0.3) is 0 Å². The van der Waals surface area contributed by atoms with E-state index in [4.69, 9.17) is 14.9 Å². The molecule has 0 amide bonds. The molecule has 0 bridgehead atoms. The Labute approximate surface area is 123 Å². The Morgan fingerprint density at radius 2 is 2.10 bits per heavy atom. The van der Waals surface area contributed by atoms with Crippen LogP contribution in [0.15, 0.2) is 0 Å². The summed E-state index contributed by atoms with van der Waals surface area (Å²) >= 11 is 0. The van der Waals surface area contributed by atoms with Gasteiger partial charge in [0.05, 0.1) is 6.10 Å². The summed E-state index contributed by atoms with van der Waals surface area (Å²) in [7, 11) is -3.80. The van der Waals surface area contributed by atoms with Crippen LogP contribution in [0, 0.1) is 0 Å². The van der Waals surface area contributed by atoms with Gasteiger partial charge >= 0.3 is 11.9 Å². The van der Waals surface area contributed by atoms with Crippen LogP contribution in [0.3, 0.4) is 0 Å². The topological polar surface area (TPSA) is 133 Å². The average Bonchev–Trinajstić information content (AvgIpc) is 2.86. The van der Waals surface area contributed by atoms with Crippen LogP contribution < -0.4 is 5.09 Å². The Kier molecular flexibility index (Phi) is 7.31. The molecule has 0 aromatic heterocycles. The Hall–Kier alpha value is -0.950. The first kappa shape index (κ1) is 18.1. The zero-order valence-electron chi connectivity index (χ0n) is 11.7. The zero-order chi connectivity index (χ0) is 15.9. The van der Waals surface area contributed by atoms with Gasteiger partial charge in [-0.2, -0.15) is 0 Å². The van der Waals surface area contributed by atoms with E-state index in [1.807, 2.05) is 0 Å². The molecule has 1 aliphatic heterocycles. The van der Waals surface area contributed by atoms with Crippen LogP contribution >= 0.6 is 7.52 Å². The fraction of sp³-hybridized carbons (Fsp3) is 0.833. The van der Waals surface area contributed by atoms with Crippen molar-refractivity contribution < 1.29 is 34.0 Å². The smallest absolute Gasteiger partial charge is 0.321 e. The van der Waals surface area contributed by atoms with Crippen molar-refractivity contribution in [1.82, 2.24) is 5.09 Å². The van der Waals surface area contributed by atoms with Crippen LogP contribution in [0.2, 0.25) is 0 Å². The second-order valence-corrected chi connectivity index (χ2v) is 7.26. The first-order valence-electron chi connectivity index (χ1n) is 6.96. The van der Waals surface area contributed by atoms with Gasteiger partial charge in [-0.3, -0.25) is 14.2 Å². The van der Waals surface area contributed by atoms with Crippen LogP contribution in [0.5, 0.6) is 0 Å². The summed E-state index contributed by atoms with van der Waals surface area (Å²) in [6.07, 6.45) is 2.52. The predicted octanol–water partition coefficient (Wildman–Crippen LogP) is 1.04. The van der Waals surface area contributed by atoms with Crippen LogP contribution in [0.1, 0.15) is 38.5 Å². The highest BCUT2D eigenvalue weighted by atomic mass is 31.2. The number of carboxylic acid groups (broad SMARTS) is 2. The summed E-state index contributed by atoms with van der Waals surface area (Å²) in [5.74, 6) is -2.47. The summed E-state index contributed by atoms with van der Waals surface area (Å²) in [5, 5.41) is 19.7. The molecule has 122 valence electrons. The number of carbonyl (C=O) groups is 2. The van der Waals surface area contributed by atoms with Crippen molar-refractivity contribution in [3.05, 3.63) is 0 Å². The van der Waals surface area contributed by atoms with E-state index in [9.17, 15) is 19.0 Å². The Morgan fingerprint density at radius 3 is 2.62 bits per heavy atom. The SMILES string of the molecule is O=C(O)CCC(NP(=O)(O)CCCC1CCCO1)C(=O)O.